The fourth-order valence-corrected chi connectivity index (χ4v) is 2.24. The third-order valence-corrected chi connectivity index (χ3v) is 3.19. The highest BCUT2D eigenvalue weighted by molar-refractivity contribution is 5.50. The predicted molar refractivity (Wildman–Crippen MR) is 73.4 cm³/mol. The number of hydrogen-bond donors (Lipinski definition) is 1. The molecule has 0 aliphatic rings. The van der Waals surface area contributed by atoms with E-state index in [4.69, 9.17) is 0 Å². The first-order valence-corrected chi connectivity index (χ1v) is 6.82. The highest BCUT2D eigenvalue weighted by atomic mass is 19.4. The smallest absolute Gasteiger partial charge is 0.382 e. The molecule has 1 N–H and O–H groups in total. The van der Waals surface area contributed by atoms with Crippen LogP contribution in [0.15, 0.2) is 18.2 Å². The van der Waals surface area contributed by atoms with Crippen molar-refractivity contribution in [1.29, 1.82) is 0 Å². The third-order valence-electron chi connectivity index (χ3n) is 3.19. The van der Waals surface area contributed by atoms with E-state index >= 15 is 0 Å². The SMILES string of the molecule is CCCC(CCC)Nc1ccc(C)c(C(F)(F)F)c1. The van der Waals surface area contributed by atoms with Crippen LogP contribution in [0.2, 0.25) is 0 Å². The lowest BCUT2D eigenvalue weighted by Crippen LogP contribution is -2.19. The number of alkyl halides is 3. The van der Waals surface area contributed by atoms with Crippen molar-refractivity contribution in [2.45, 2.75) is 58.7 Å². The van der Waals surface area contributed by atoms with Gasteiger partial charge < -0.3 is 5.32 Å². The van der Waals surface area contributed by atoms with Crippen LogP contribution in [-0.2, 0) is 6.18 Å². The molecule has 0 aliphatic heterocycles. The quantitative estimate of drug-likeness (QED) is 0.732. The first-order chi connectivity index (χ1) is 8.88. The van der Waals surface area contributed by atoms with Gasteiger partial charge >= 0.3 is 6.18 Å². The van der Waals surface area contributed by atoms with Crippen molar-refractivity contribution in [3.05, 3.63) is 29.3 Å². The van der Waals surface area contributed by atoms with Gasteiger partial charge in [0.25, 0.3) is 0 Å². The molecule has 1 aromatic rings. The predicted octanol–water partition coefficient (Wildman–Crippen LogP) is 5.39. The van der Waals surface area contributed by atoms with Gasteiger partial charge in [0, 0.05) is 11.7 Å². The molecule has 1 rings (SSSR count). The van der Waals surface area contributed by atoms with E-state index in [-0.39, 0.29) is 11.6 Å². The number of halogens is 3. The molecule has 0 amide bonds. The number of anilines is 1. The molecule has 108 valence electrons. The Labute approximate surface area is 113 Å². The molecule has 0 bridgehead atoms. The molecule has 0 unspecified atom stereocenters. The first kappa shape index (κ1) is 15.9. The largest absolute Gasteiger partial charge is 0.416 e. The fraction of sp³-hybridized carbons (Fsp3) is 0.600. The molecule has 4 heteroatoms. The second-order valence-electron chi connectivity index (χ2n) is 4.95. The lowest BCUT2D eigenvalue weighted by molar-refractivity contribution is -0.138. The molecule has 1 aromatic carbocycles. The Hall–Kier alpha value is -1.19. The minimum absolute atomic E-state index is 0.249. The summed E-state index contributed by atoms with van der Waals surface area (Å²) in [5.41, 5.74) is 0.273. The second kappa shape index (κ2) is 6.83. The van der Waals surface area contributed by atoms with Crippen molar-refractivity contribution < 1.29 is 13.2 Å². The van der Waals surface area contributed by atoms with Crippen LogP contribution in [0.4, 0.5) is 18.9 Å². The summed E-state index contributed by atoms with van der Waals surface area (Å²) in [6, 6.07) is 4.72. The summed E-state index contributed by atoms with van der Waals surface area (Å²) in [7, 11) is 0. The first-order valence-electron chi connectivity index (χ1n) is 6.82. The Morgan fingerprint density at radius 2 is 1.68 bits per heavy atom. The van der Waals surface area contributed by atoms with Crippen LogP contribution < -0.4 is 5.32 Å². The summed E-state index contributed by atoms with van der Waals surface area (Å²) in [5.74, 6) is 0. The zero-order valence-electron chi connectivity index (χ0n) is 11.8. The van der Waals surface area contributed by atoms with E-state index in [2.05, 4.69) is 19.2 Å². The van der Waals surface area contributed by atoms with E-state index in [1.165, 1.54) is 19.1 Å². The summed E-state index contributed by atoms with van der Waals surface area (Å²) in [5, 5.41) is 3.22. The van der Waals surface area contributed by atoms with E-state index in [1.807, 2.05) is 0 Å². The molecular weight excluding hydrogens is 251 g/mol. The van der Waals surface area contributed by atoms with Crippen molar-refractivity contribution in [3.63, 3.8) is 0 Å². The molecule has 0 radical (unpaired) electrons. The van der Waals surface area contributed by atoms with Gasteiger partial charge in [0.1, 0.15) is 0 Å². The molecule has 19 heavy (non-hydrogen) atoms. The third kappa shape index (κ3) is 4.77. The normalized spacial score (nSPS) is 11.9. The Bertz CT molecular complexity index is 393. The average Bonchev–Trinajstić information content (AvgIpc) is 2.31. The zero-order chi connectivity index (χ0) is 14.5. The zero-order valence-corrected chi connectivity index (χ0v) is 11.8. The average molecular weight is 273 g/mol. The van der Waals surface area contributed by atoms with Gasteiger partial charge in [-0.3, -0.25) is 0 Å². The Balaban J connectivity index is 2.89. The van der Waals surface area contributed by atoms with E-state index in [0.29, 0.717) is 5.69 Å². The Morgan fingerprint density at radius 3 is 2.16 bits per heavy atom. The maximum absolute atomic E-state index is 12.8. The van der Waals surface area contributed by atoms with E-state index in [0.717, 1.165) is 25.7 Å². The van der Waals surface area contributed by atoms with Gasteiger partial charge in [-0.25, -0.2) is 0 Å². The van der Waals surface area contributed by atoms with Crippen molar-refractivity contribution in [3.8, 4) is 0 Å². The van der Waals surface area contributed by atoms with Crippen LogP contribution in [0.25, 0.3) is 0 Å². The number of nitrogens with one attached hydrogen (secondary N) is 1. The van der Waals surface area contributed by atoms with Gasteiger partial charge in [-0.15, -0.1) is 0 Å². The molecular formula is C15H22F3N. The van der Waals surface area contributed by atoms with Gasteiger partial charge in [0.15, 0.2) is 0 Å². The molecule has 0 aliphatic carbocycles. The van der Waals surface area contributed by atoms with Gasteiger partial charge in [-0.05, 0) is 37.5 Å². The standard InChI is InChI=1S/C15H22F3N/c1-4-6-12(7-5-2)19-13-9-8-11(3)14(10-13)15(16,17)18/h8-10,12,19H,4-7H2,1-3H3. The monoisotopic (exact) mass is 273 g/mol. The van der Waals surface area contributed by atoms with Crippen molar-refractivity contribution in [1.82, 2.24) is 0 Å². The maximum Gasteiger partial charge on any atom is 0.416 e. The van der Waals surface area contributed by atoms with Crippen molar-refractivity contribution in [2.24, 2.45) is 0 Å². The van der Waals surface area contributed by atoms with Gasteiger partial charge in [-0.2, -0.15) is 13.2 Å². The van der Waals surface area contributed by atoms with Crippen LogP contribution in [0.5, 0.6) is 0 Å². The Morgan fingerprint density at radius 1 is 1.11 bits per heavy atom. The highest BCUT2D eigenvalue weighted by Crippen LogP contribution is 2.33. The van der Waals surface area contributed by atoms with Crippen LogP contribution in [-0.4, -0.2) is 6.04 Å². The van der Waals surface area contributed by atoms with Crippen LogP contribution >= 0.6 is 0 Å². The molecule has 0 spiro atoms. The molecule has 0 saturated carbocycles. The van der Waals surface area contributed by atoms with E-state index < -0.39 is 11.7 Å². The van der Waals surface area contributed by atoms with Crippen LogP contribution in [0.3, 0.4) is 0 Å². The summed E-state index contributed by atoms with van der Waals surface area (Å²) >= 11 is 0. The second-order valence-corrected chi connectivity index (χ2v) is 4.95. The number of benzene rings is 1. The lowest BCUT2D eigenvalue weighted by atomic mass is 10.0. The maximum atomic E-state index is 12.8. The fourth-order valence-electron chi connectivity index (χ4n) is 2.24. The van der Waals surface area contributed by atoms with Crippen LogP contribution in [0, 0.1) is 6.92 Å². The van der Waals surface area contributed by atoms with Crippen LogP contribution in [0.1, 0.15) is 50.7 Å². The minimum atomic E-state index is -4.28. The molecule has 0 aromatic heterocycles. The molecule has 0 atom stereocenters. The van der Waals surface area contributed by atoms with Gasteiger partial charge in [0.2, 0.25) is 0 Å². The summed E-state index contributed by atoms with van der Waals surface area (Å²) < 4.78 is 38.5. The summed E-state index contributed by atoms with van der Waals surface area (Å²) in [6.07, 6.45) is -0.287. The number of hydrogen-bond acceptors (Lipinski definition) is 1. The lowest BCUT2D eigenvalue weighted by Gasteiger charge is -2.20. The molecule has 0 fully saturated rings. The summed E-state index contributed by atoms with van der Waals surface area (Å²) in [6.45, 7) is 5.66. The highest BCUT2D eigenvalue weighted by Gasteiger charge is 2.32. The molecule has 1 nitrogen and oxygen atoms in total. The summed E-state index contributed by atoms with van der Waals surface area (Å²) in [4.78, 5) is 0. The van der Waals surface area contributed by atoms with Crippen molar-refractivity contribution in [2.75, 3.05) is 5.32 Å². The van der Waals surface area contributed by atoms with E-state index in [9.17, 15) is 13.2 Å². The number of rotatable bonds is 6. The van der Waals surface area contributed by atoms with Gasteiger partial charge in [-0.1, -0.05) is 32.8 Å². The van der Waals surface area contributed by atoms with E-state index in [1.54, 1.807) is 6.07 Å². The molecule has 0 saturated heterocycles. The Kier molecular flexibility index (Phi) is 5.70. The number of aryl methyl sites for hydroxylation is 1. The molecule has 0 heterocycles. The van der Waals surface area contributed by atoms with Crippen molar-refractivity contribution >= 4 is 5.69 Å². The van der Waals surface area contributed by atoms with Gasteiger partial charge in [0.05, 0.1) is 5.56 Å². The topological polar surface area (TPSA) is 12.0 Å². The minimum Gasteiger partial charge on any atom is -0.382 e.